The number of hydrogen-bond acceptors (Lipinski definition) is 2. The van der Waals surface area contributed by atoms with Crippen molar-refractivity contribution in [3.05, 3.63) is 0 Å². The van der Waals surface area contributed by atoms with Crippen LogP contribution in [0.3, 0.4) is 0 Å². The smallest absolute Gasteiger partial charge is 0.0615 e. The molecule has 6 heteroatoms. The van der Waals surface area contributed by atoms with E-state index in [2.05, 4.69) is 0 Å². The third-order valence-electron chi connectivity index (χ3n) is 0.438. The molecule has 0 N–H and O–H groups in total. The molecule has 0 bridgehead atoms. The molecule has 50 valence electrons. The second kappa shape index (κ2) is 4.58. The van der Waals surface area contributed by atoms with Gasteiger partial charge in [0.1, 0.15) is 0 Å². The fourth-order valence-electron chi connectivity index (χ4n) is 0.151. The number of rotatable bonds is 3. The molecule has 0 saturated heterocycles. The lowest BCUT2D eigenvalue weighted by Gasteiger charge is -2.02. The Balaban J connectivity index is 2.93. The van der Waals surface area contributed by atoms with Gasteiger partial charge in [0.25, 0.3) is 0 Å². The summed E-state index contributed by atoms with van der Waals surface area (Å²) in [4.78, 5) is 0. The maximum atomic E-state index is 11.5. The highest BCUT2D eigenvalue weighted by atomic mass is 35.5. The molecule has 0 heterocycles. The Morgan fingerprint density at radius 1 is 1.12 bits per heavy atom. The zero-order chi connectivity index (χ0) is 6.57. The van der Waals surface area contributed by atoms with E-state index in [1.54, 1.807) is 0 Å². The third-order valence-corrected chi connectivity index (χ3v) is 0.945. The van der Waals surface area contributed by atoms with Crippen LogP contribution in [0, 0.1) is 0 Å². The van der Waals surface area contributed by atoms with E-state index in [0.717, 1.165) is 3.94 Å². The van der Waals surface area contributed by atoms with E-state index in [-0.39, 0.29) is 17.7 Å². The van der Waals surface area contributed by atoms with Crippen molar-refractivity contribution in [3.63, 3.8) is 0 Å². The minimum atomic E-state index is -0.0193. The average molecular weight is 181 g/mol. The lowest BCUT2D eigenvalue weighted by atomic mass is 10.7. The Bertz CT molecular complexity index is 51.2. The summed E-state index contributed by atoms with van der Waals surface area (Å²) in [5.41, 5.74) is 0. The van der Waals surface area contributed by atoms with Crippen LogP contribution < -0.4 is 0 Å². The van der Waals surface area contributed by atoms with Crippen molar-refractivity contribution >= 4 is 35.3 Å². The number of halogens is 4. The van der Waals surface area contributed by atoms with Crippen LogP contribution in [0.5, 0.6) is 0 Å². The van der Waals surface area contributed by atoms with Gasteiger partial charge in [-0.3, -0.25) is 0 Å². The van der Waals surface area contributed by atoms with Crippen LogP contribution in [0.4, 0.5) is 4.48 Å². The van der Waals surface area contributed by atoms with Crippen molar-refractivity contribution in [1.82, 2.24) is 8.58 Å². The van der Waals surface area contributed by atoms with Gasteiger partial charge in [0.05, 0.1) is 6.54 Å². The first kappa shape index (κ1) is 8.72. The van der Waals surface area contributed by atoms with Crippen LogP contribution in [0.25, 0.3) is 0 Å². The van der Waals surface area contributed by atoms with E-state index in [0.29, 0.717) is 0 Å². The zero-order valence-electron chi connectivity index (χ0n) is 3.82. The van der Waals surface area contributed by atoms with Gasteiger partial charge in [-0.2, -0.15) is 0 Å². The zero-order valence-corrected chi connectivity index (χ0v) is 6.09. The molecule has 0 aliphatic rings. The van der Waals surface area contributed by atoms with Gasteiger partial charge in [-0.1, -0.05) is 4.64 Å². The summed E-state index contributed by atoms with van der Waals surface area (Å²) in [5.74, 6) is 0. The van der Waals surface area contributed by atoms with Crippen LogP contribution >= 0.6 is 35.3 Å². The fourth-order valence-corrected chi connectivity index (χ4v) is 0.378. The molecule has 0 fully saturated rings. The summed E-state index contributed by atoms with van der Waals surface area (Å²) in [6.45, 7) is 0.150. The topological polar surface area (TPSA) is 6.48 Å². The minimum Gasteiger partial charge on any atom is -0.130 e. The third kappa shape index (κ3) is 6.72. The number of nitrogens with zero attached hydrogens (tertiary/aromatic N) is 2. The van der Waals surface area contributed by atoms with Crippen molar-refractivity contribution in [1.29, 1.82) is 0 Å². The SMILES string of the molecule is FN(Cl)CCN(Cl)Cl. The van der Waals surface area contributed by atoms with Crippen LogP contribution in [0.2, 0.25) is 0 Å². The predicted molar refractivity (Wildman–Crippen MR) is 32.1 cm³/mol. The Morgan fingerprint density at radius 3 is 1.75 bits per heavy atom. The first-order chi connectivity index (χ1) is 3.63. The molecule has 0 aliphatic heterocycles. The molecule has 8 heavy (non-hydrogen) atoms. The molecular weight excluding hydrogens is 177 g/mol. The second-order valence-corrected chi connectivity index (χ2v) is 2.41. The highest BCUT2D eigenvalue weighted by Gasteiger charge is 1.99. The van der Waals surface area contributed by atoms with Crippen molar-refractivity contribution in [2.75, 3.05) is 13.1 Å². The van der Waals surface area contributed by atoms with Gasteiger partial charge in [-0.05, 0) is 23.6 Å². The fraction of sp³-hybridized carbons (Fsp3) is 1.00. The lowest BCUT2D eigenvalue weighted by Crippen LogP contribution is -2.13. The van der Waals surface area contributed by atoms with Crippen molar-refractivity contribution < 1.29 is 4.48 Å². The number of hydrogen-bond donors (Lipinski definition) is 0. The van der Waals surface area contributed by atoms with Crippen LogP contribution in [-0.4, -0.2) is 21.7 Å². The van der Waals surface area contributed by atoms with Crippen molar-refractivity contribution in [2.24, 2.45) is 0 Å². The Labute approximate surface area is 62.0 Å². The lowest BCUT2D eigenvalue weighted by molar-refractivity contribution is 0.145. The summed E-state index contributed by atoms with van der Waals surface area (Å²) in [5, 5.41) is 0. The molecule has 0 amide bonds. The molecule has 0 aromatic heterocycles. The van der Waals surface area contributed by atoms with Gasteiger partial charge in [-0.15, -0.1) is 8.42 Å². The summed E-state index contributed by atoms with van der Waals surface area (Å²) in [7, 11) is 0. The maximum Gasteiger partial charge on any atom is 0.0615 e. The van der Waals surface area contributed by atoms with Gasteiger partial charge in [-0.25, -0.2) is 0 Å². The van der Waals surface area contributed by atoms with E-state index < -0.39 is 0 Å². The van der Waals surface area contributed by atoms with Gasteiger partial charge in [0.2, 0.25) is 0 Å². The highest BCUT2D eigenvalue weighted by Crippen LogP contribution is 2.00. The Hall–Kier alpha value is 0.720. The first-order valence-corrected chi connectivity index (χ1v) is 2.82. The minimum absolute atomic E-state index is 0.0161. The van der Waals surface area contributed by atoms with E-state index >= 15 is 0 Å². The molecule has 0 aromatic carbocycles. The van der Waals surface area contributed by atoms with E-state index in [1.807, 2.05) is 0 Å². The van der Waals surface area contributed by atoms with Gasteiger partial charge >= 0.3 is 0 Å². The largest absolute Gasteiger partial charge is 0.130 e. The summed E-state index contributed by atoms with van der Waals surface area (Å²) >= 11 is 14.9. The molecule has 0 atom stereocenters. The molecular formula is C2H4Cl3FN2. The molecule has 0 aromatic rings. The standard InChI is InChI=1S/C2H4Cl3FN2/c3-7(4)1-2-8(5)6/h1-2H2. The summed E-state index contributed by atoms with van der Waals surface area (Å²) < 4.78 is 12.3. The Kier molecular flexibility index (Phi) is 5.00. The molecule has 0 radical (unpaired) electrons. The van der Waals surface area contributed by atoms with Crippen LogP contribution in [-0.2, 0) is 0 Å². The summed E-state index contributed by atoms with van der Waals surface area (Å²) in [6.07, 6.45) is 0. The molecule has 0 unspecified atom stereocenters. The first-order valence-electron chi connectivity index (χ1n) is 1.81. The molecule has 0 rings (SSSR count). The highest BCUT2D eigenvalue weighted by molar-refractivity contribution is 6.33. The molecule has 0 spiro atoms. The summed E-state index contributed by atoms with van der Waals surface area (Å²) in [6, 6.07) is 0. The van der Waals surface area contributed by atoms with Crippen LogP contribution in [0.1, 0.15) is 0 Å². The molecule has 0 saturated carbocycles. The van der Waals surface area contributed by atoms with E-state index in [9.17, 15) is 4.48 Å². The normalized spacial score (nSPS) is 11.2. The van der Waals surface area contributed by atoms with Crippen molar-refractivity contribution in [3.8, 4) is 0 Å². The van der Waals surface area contributed by atoms with Crippen LogP contribution in [0.15, 0.2) is 0 Å². The predicted octanol–water partition coefficient (Wildman–Crippen LogP) is 1.94. The molecule has 2 nitrogen and oxygen atoms in total. The maximum absolute atomic E-state index is 11.5. The molecule has 0 aliphatic carbocycles. The average Bonchev–Trinajstić information content (AvgIpc) is 1.61. The van der Waals surface area contributed by atoms with Gasteiger partial charge < -0.3 is 0 Å². The van der Waals surface area contributed by atoms with E-state index in [1.165, 1.54) is 0 Å². The van der Waals surface area contributed by atoms with Crippen molar-refractivity contribution in [2.45, 2.75) is 0 Å². The second-order valence-electron chi connectivity index (χ2n) is 1.05. The van der Waals surface area contributed by atoms with Gasteiger partial charge in [0, 0.05) is 18.3 Å². The monoisotopic (exact) mass is 180 g/mol. The van der Waals surface area contributed by atoms with E-state index in [4.69, 9.17) is 35.3 Å². The van der Waals surface area contributed by atoms with Gasteiger partial charge in [0.15, 0.2) is 0 Å². The quantitative estimate of drug-likeness (QED) is 0.614. The Morgan fingerprint density at radius 2 is 1.62 bits per heavy atom.